The Bertz CT molecular complexity index is 484. The maximum absolute atomic E-state index is 12.0. The van der Waals surface area contributed by atoms with Crippen LogP contribution in [0.2, 0.25) is 0 Å². The number of carbonyl (C=O) groups excluding carboxylic acids is 2. The first kappa shape index (κ1) is 16.3. The third kappa shape index (κ3) is 5.04. The number of benzene rings is 1. The lowest BCUT2D eigenvalue weighted by atomic mass is 10.1. The lowest BCUT2D eigenvalue weighted by Gasteiger charge is -2.31. The number of hydrogen-bond acceptors (Lipinski definition) is 4. The first-order valence-corrected chi connectivity index (χ1v) is 7.49. The van der Waals surface area contributed by atoms with E-state index in [-0.39, 0.29) is 18.0 Å². The summed E-state index contributed by atoms with van der Waals surface area (Å²) in [5.74, 6) is 0.537. The zero-order chi connectivity index (χ0) is 15.8. The zero-order valence-corrected chi connectivity index (χ0v) is 12.8. The van der Waals surface area contributed by atoms with Gasteiger partial charge in [0.25, 0.3) is 0 Å². The number of para-hydroxylation sites is 1. The molecule has 2 rings (SSSR count). The van der Waals surface area contributed by atoms with E-state index in [0.29, 0.717) is 31.9 Å². The topological polar surface area (TPSA) is 67.9 Å². The van der Waals surface area contributed by atoms with Crippen molar-refractivity contribution in [2.45, 2.75) is 25.3 Å². The SMILES string of the molecule is COCCC(=O)NC1CCN(C(=O)Oc2ccccc2)CC1. The Hall–Kier alpha value is -2.08. The number of nitrogens with one attached hydrogen (secondary N) is 1. The Morgan fingerprint density at radius 3 is 2.55 bits per heavy atom. The molecule has 0 atom stereocenters. The molecule has 22 heavy (non-hydrogen) atoms. The largest absolute Gasteiger partial charge is 0.415 e. The Kier molecular flexibility index (Phi) is 6.21. The van der Waals surface area contributed by atoms with Gasteiger partial charge in [0.05, 0.1) is 6.61 Å². The minimum atomic E-state index is -0.338. The van der Waals surface area contributed by atoms with Crippen LogP contribution in [0, 0.1) is 0 Å². The third-order valence-corrected chi connectivity index (χ3v) is 3.60. The average Bonchev–Trinajstić information content (AvgIpc) is 2.54. The Morgan fingerprint density at radius 1 is 1.23 bits per heavy atom. The van der Waals surface area contributed by atoms with Crippen LogP contribution >= 0.6 is 0 Å². The molecule has 0 radical (unpaired) electrons. The molecule has 0 spiro atoms. The van der Waals surface area contributed by atoms with Crippen molar-refractivity contribution >= 4 is 12.0 Å². The number of amides is 2. The fourth-order valence-corrected chi connectivity index (χ4v) is 2.35. The van der Waals surface area contributed by atoms with E-state index in [0.717, 1.165) is 12.8 Å². The van der Waals surface area contributed by atoms with Gasteiger partial charge in [-0.25, -0.2) is 4.79 Å². The number of piperidine rings is 1. The number of hydrogen-bond donors (Lipinski definition) is 1. The van der Waals surface area contributed by atoms with E-state index in [1.54, 1.807) is 24.1 Å². The van der Waals surface area contributed by atoms with E-state index in [1.807, 2.05) is 18.2 Å². The summed E-state index contributed by atoms with van der Waals surface area (Å²) in [5.41, 5.74) is 0. The second-order valence-electron chi connectivity index (χ2n) is 5.25. The number of carbonyl (C=O) groups is 2. The van der Waals surface area contributed by atoms with Crippen molar-refractivity contribution in [3.8, 4) is 5.75 Å². The van der Waals surface area contributed by atoms with Crippen molar-refractivity contribution < 1.29 is 19.1 Å². The number of likely N-dealkylation sites (tertiary alicyclic amines) is 1. The fourth-order valence-electron chi connectivity index (χ4n) is 2.35. The molecule has 1 aliphatic heterocycles. The average molecular weight is 306 g/mol. The predicted molar refractivity (Wildman–Crippen MR) is 81.7 cm³/mol. The van der Waals surface area contributed by atoms with Crippen LogP contribution in [-0.4, -0.2) is 49.7 Å². The van der Waals surface area contributed by atoms with Gasteiger partial charge in [-0.1, -0.05) is 18.2 Å². The van der Waals surface area contributed by atoms with Crippen LogP contribution in [0.4, 0.5) is 4.79 Å². The highest BCUT2D eigenvalue weighted by Crippen LogP contribution is 2.15. The maximum Gasteiger partial charge on any atom is 0.415 e. The van der Waals surface area contributed by atoms with E-state index >= 15 is 0 Å². The number of methoxy groups -OCH3 is 1. The summed E-state index contributed by atoms with van der Waals surface area (Å²) >= 11 is 0. The highest BCUT2D eigenvalue weighted by atomic mass is 16.6. The smallest absolute Gasteiger partial charge is 0.410 e. The normalized spacial score (nSPS) is 15.4. The van der Waals surface area contributed by atoms with Crippen LogP contribution in [0.25, 0.3) is 0 Å². The van der Waals surface area contributed by atoms with Gasteiger partial charge in [-0.2, -0.15) is 0 Å². The molecule has 1 N–H and O–H groups in total. The van der Waals surface area contributed by atoms with Gasteiger partial charge in [-0.3, -0.25) is 4.79 Å². The predicted octanol–water partition coefficient (Wildman–Crippen LogP) is 1.80. The van der Waals surface area contributed by atoms with Crippen molar-refractivity contribution in [3.63, 3.8) is 0 Å². The van der Waals surface area contributed by atoms with Crippen molar-refractivity contribution in [3.05, 3.63) is 30.3 Å². The second kappa shape index (κ2) is 8.38. The van der Waals surface area contributed by atoms with Crippen LogP contribution in [-0.2, 0) is 9.53 Å². The summed E-state index contributed by atoms with van der Waals surface area (Å²) in [6, 6.07) is 9.13. The minimum Gasteiger partial charge on any atom is -0.410 e. The molecule has 1 aliphatic rings. The molecule has 1 aromatic rings. The summed E-state index contributed by atoms with van der Waals surface area (Å²) in [6.45, 7) is 1.59. The first-order chi connectivity index (χ1) is 10.7. The Balaban J connectivity index is 1.72. The number of nitrogens with zero attached hydrogens (tertiary/aromatic N) is 1. The van der Waals surface area contributed by atoms with Gasteiger partial charge in [0.15, 0.2) is 0 Å². The molecular formula is C16H22N2O4. The molecule has 0 saturated carbocycles. The van der Waals surface area contributed by atoms with E-state index in [2.05, 4.69) is 5.32 Å². The summed E-state index contributed by atoms with van der Waals surface area (Å²) in [4.78, 5) is 25.3. The van der Waals surface area contributed by atoms with E-state index < -0.39 is 0 Å². The Morgan fingerprint density at radius 2 is 1.91 bits per heavy atom. The molecule has 6 nitrogen and oxygen atoms in total. The summed E-state index contributed by atoms with van der Waals surface area (Å²) in [7, 11) is 1.57. The van der Waals surface area contributed by atoms with Gasteiger partial charge >= 0.3 is 6.09 Å². The van der Waals surface area contributed by atoms with E-state index in [9.17, 15) is 9.59 Å². The summed E-state index contributed by atoms with van der Waals surface area (Å²) in [6.07, 6.45) is 1.51. The van der Waals surface area contributed by atoms with Gasteiger partial charge in [0.2, 0.25) is 5.91 Å². The van der Waals surface area contributed by atoms with Crippen molar-refractivity contribution in [2.24, 2.45) is 0 Å². The molecule has 1 aromatic carbocycles. The molecule has 1 saturated heterocycles. The summed E-state index contributed by atoms with van der Waals surface area (Å²) in [5, 5.41) is 2.97. The van der Waals surface area contributed by atoms with E-state index in [4.69, 9.17) is 9.47 Å². The minimum absolute atomic E-state index is 0.00726. The third-order valence-electron chi connectivity index (χ3n) is 3.60. The molecule has 0 bridgehead atoms. The molecular weight excluding hydrogens is 284 g/mol. The highest BCUT2D eigenvalue weighted by molar-refractivity contribution is 5.76. The van der Waals surface area contributed by atoms with Crippen molar-refractivity contribution in [2.75, 3.05) is 26.8 Å². The molecule has 0 unspecified atom stereocenters. The fraction of sp³-hybridized carbons (Fsp3) is 0.500. The number of rotatable bonds is 5. The van der Waals surface area contributed by atoms with Gasteiger partial charge in [0.1, 0.15) is 5.75 Å². The molecule has 6 heteroatoms. The lowest BCUT2D eigenvalue weighted by Crippen LogP contribution is -2.47. The van der Waals surface area contributed by atoms with Crippen LogP contribution < -0.4 is 10.1 Å². The van der Waals surface area contributed by atoms with Crippen molar-refractivity contribution in [1.29, 1.82) is 0 Å². The monoisotopic (exact) mass is 306 g/mol. The maximum atomic E-state index is 12.0. The highest BCUT2D eigenvalue weighted by Gasteiger charge is 2.24. The molecule has 0 aromatic heterocycles. The van der Waals surface area contributed by atoms with Crippen LogP contribution in [0.1, 0.15) is 19.3 Å². The van der Waals surface area contributed by atoms with Crippen LogP contribution in [0.5, 0.6) is 5.75 Å². The van der Waals surface area contributed by atoms with Gasteiger partial charge < -0.3 is 19.7 Å². The van der Waals surface area contributed by atoms with Gasteiger partial charge in [-0.15, -0.1) is 0 Å². The standard InChI is InChI=1S/C16H22N2O4/c1-21-12-9-15(19)17-13-7-10-18(11-8-13)16(20)22-14-5-3-2-4-6-14/h2-6,13H,7-12H2,1H3,(H,17,19). The second-order valence-corrected chi connectivity index (χ2v) is 5.25. The summed E-state index contributed by atoms with van der Waals surface area (Å²) < 4.78 is 10.2. The van der Waals surface area contributed by atoms with Crippen LogP contribution in [0.3, 0.4) is 0 Å². The quantitative estimate of drug-likeness (QED) is 0.901. The molecule has 1 heterocycles. The molecule has 2 amide bonds. The molecule has 0 aliphatic carbocycles. The first-order valence-electron chi connectivity index (χ1n) is 7.49. The Labute approximate surface area is 130 Å². The lowest BCUT2D eigenvalue weighted by molar-refractivity contribution is -0.122. The van der Waals surface area contributed by atoms with E-state index in [1.165, 1.54) is 0 Å². The van der Waals surface area contributed by atoms with Crippen molar-refractivity contribution in [1.82, 2.24) is 10.2 Å². The van der Waals surface area contributed by atoms with Gasteiger partial charge in [-0.05, 0) is 25.0 Å². The molecule has 120 valence electrons. The van der Waals surface area contributed by atoms with Crippen LogP contribution in [0.15, 0.2) is 30.3 Å². The zero-order valence-electron chi connectivity index (χ0n) is 12.8. The molecule has 1 fully saturated rings. The number of ether oxygens (including phenoxy) is 2. The van der Waals surface area contributed by atoms with Gasteiger partial charge in [0, 0.05) is 32.7 Å².